The molecule has 1 atom stereocenters. The number of fused-ring (bicyclic) bond motifs is 1. The van der Waals surface area contributed by atoms with Crippen LogP contribution in [0.1, 0.15) is 92.1 Å². The molecule has 10 nitrogen and oxygen atoms in total. The van der Waals surface area contributed by atoms with Gasteiger partial charge in [0, 0.05) is 16.5 Å². The first-order chi connectivity index (χ1) is 21.0. The van der Waals surface area contributed by atoms with E-state index in [9.17, 15) is 22.8 Å². The molecule has 4 rings (SSSR count). The molecule has 1 unspecified atom stereocenters. The minimum absolute atomic E-state index is 0.144. The van der Waals surface area contributed by atoms with Crippen molar-refractivity contribution in [2.45, 2.75) is 109 Å². The SMILES string of the molecule is COC(=O)C(C)c1c(-c2cccc(S(=O)(=O)N(C(=O)OC(C)(C)C)C3CCCCC3)c2)n(C(=O)OC(C)(C)C)c2ccccc12. The molecule has 1 aliphatic carbocycles. The highest BCUT2D eigenvalue weighted by Gasteiger charge is 2.40. The number of benzene rings is 2. The maximum Gasteiger partial charge on any atom is 0.424 e. The molecule has 1 aliphatic rings. The maximum atomic E-state index is 14.3. The van der Waals surface area contributed by atoms with Crippen molar-refractivity contribution in [1.82, 2.24) is 8.87 Å². The number of carbonyl (C=O) groups is 3. The Balaban J connectivity index is 1.97. The Morgan fingerprint density at radius 1 is 0.889 bits per heavy atom. The molecule has 244 valence electrons. The van der Waals surface area contributed by atoms with Crippen LogP contribution in [0, 0.1) is 0 Å². The van der Waals surface area contributed by atoms with Gasteiger partial charge in [-0.1, -0.05) is 49.6 Å². The Hall–Kier alpha value is -3.86. The third kappa shape index (κ3) is 7.35. The van der Waals surface area contributed by atoms with Crippen molar-refractivity contribution < 1.29 is 37.0 Å². The lowest BCUT2D eigenvalue weighted by Crippen LogP contribution is -2.47. The van der Waals surface area contributed by atoms with Gasteiger partial charge in [0.2, 0.25) is 0 Å². The van der Waals surface area contributed by atoms with Gasteiger partial charge in [-0.3, -0.25) is 4.79 Å². The van der Waals surface area contributed by atoms with E-state index < -0.39 is 51.3 Å². The van der Waals surface area contributed by atoms with Gasteiger partial charge in [-0.25, -0.2) is 22.6 Å². The van der Waals surface area contributed by atoms with Gasteiger partial charge in [-0.15, -0.1) is 0 Å². The van der Waals surface area contributed by atoms with Gasteiger partial charge in [0.15, 0.2) is 0 Å². The van der Waals surface area contributed by atoms with Crippen LogP contribution >= 0.6 is 0 Å². The Labute approximate surface area is 265 Å². The number of methoxy groups -OCH3 is 1. The highest BCUT2D eigenvalue weighted by Crippen LogP contribution is 2.40. The Bertz CT molecular complexity index is 1690. The van der Waals surface area contributed by atoms with E-state index in [2.05, 4.69) is 0 Å². The second kappa shape index (κ2) is 12.9. The highest BCUT2D eigenvalue weighted by molar-refractivity contribution is 7.89. The largest absolute Gasteiger partial charge is 0.469 e. The first kappa shape index (κ1) is 34.0. The lowest BCUT2D eigenvalue weighted by Gasteiger charge is -2.34. The van der Waals surface area contributed by atoms with Crippen LogP contribution in [0.3, 0.4) is 0 Å². The number of ether oxygens (including phenoxy) is 3. The number of sulfonamides is 1. The molecule has 0 aliphatic heterocycles. The monoisotopic (exact) mass is 640 g/mol. The van der Waals surface area contributed by atoms with Crippen LogP contribution in [-0.4, -0.2) is 59.8 Å². The maximum absolute atomic E-state index is 14.3. The Morgan fingerprint density at radius 2 is 1.51 bits per heavy atom. The second-order valence-electron chi connectivity index (χ2n) is 13.4. The third-order valence-electron chi connectivity index (χ3n) is 7.62. The quantitative estimate of drug-likeness (QED) is 0.199. The number of aromatic nitrogens is 1. The number of nitrogens with zero attached hydrogens (tertiary/aromatic N) is 2. The average Bonchev–Trinajstić information content (AvgIpc) is 3.30. The van der Waals surface area contributed by atoms with E-state index in [0.29, 0.717) is 40.6 Å². The van der Waals surface area contributed by atoms with E-state index >= 15 is 0 Å². The smallest absolute Gasteiger partial charge is 0.424 e. The molecule has 0 saturated heterocycles. The molecule has 2 aromatic carbocycles. The summed E-state index contributed by atoms with van der Waals surface area (Å²) in [6.07, 6.45) is 2.00. The highest BCUT2D eigenvalue weighted by atomic mass is 32.2. The van der Waals surface area contributed by atoms with Crippen molar-refractivity contribution in [2.75, 3.05) is 7.11 Å². The number of carbonyl (C=O) groups excluding carboxylic acids is 3. The van der Waals surface area contributed by atoms with Crippen LogP contribution in [0.5, 0.6) is 0 Å². The van der Waals surface area contributed by atoms with Gasteiger partial charge in [-0.05, 0) is 79.5 Å². The molecule has 0 radical (unpaired) electrons. The summed E-state index contributed by atoms with van der Waals surface area (Å²) in [4.78, 5) is 40.1. The molecule has 1 fully saturated rings. The first-order valence-corrected chi connectivity index (χ1v) is 16.7. The number of hydrogen-bond acceptors (Lipinski definition) is 8. The number of esters is 1. The number of para-hydroxylation sites is 1. The van der Waals surface area contributed by atoms with E-state index in [4.69, 9.17) is 14.2 Å². The molecule has 11 heteroatoms. The van der Waals surface area contributed by atoms with E-state index in [1.165, 1.54) is 23.8 Å². The van der Waals surface area contributed by atoms with Crippen LogP contribution in [-0.2, 0) is 29.0 Å². The summed E-state index contributed by atoms with van der Waals surface area (Å²) in [7, 11) is -3.12. The zero-order chi connectivity index (χ0) is 33.3. The molecule has 3 aromatic rings. The minimum Gasteiger partial charge on any atom is -0.469 e. The van der Waals surface area contributed by atoms with Crippen LogP contribution in [0.4, 0.5) is 9.59 Å². The molecular weight excluding hydrogens is 596 g/mol. The predicted molar refractivity (Wildman–Crippen MR) is 172 cm³/mol. The fourth-order valence-corrected chi connectivity index (χ4v) is 7.35. The molecular formula is C34H44N2O8S. The summed E-state index contributed by atoms with van der Waals surface area (Å²) in [5, 5.41) is 0.613. The van der Waals surface area contributed by atoms with Crippen LogP contribution in [0.2, 0.25) is 0 Å². The molecule has 1 heterocycles. The van der Waals surface area contributed by atoms with Crippen molar-refractivity contribution in [3.8, 4) is 11.3 Å². The number of amides is 1. The summed E-state index contributed by atoms with van der Waals surface area (Å²) in [5.74, 6) is -1.35. The topological polar surface area (TPSA) is 121 Å². The van der Waals surface area contributed by atoms with E-state index in [0.717, 1.165) is 23.6 Å². The zero-order valence-corrected chi connectivity index (χ0v) is 28.2. The summed E-state index contributed by atoms with van der Waals surface area (Å²) in [5.41, 5.74) is -0.146. The molecule has 0 bridgehead atoms. The fraction of sp³-hybridized carbons (Fsp3) is 0.500. The van der Waals surface area contributed by atoms with Gasteiger partial charge < -0.3 is 14.2 Å². The van der Waals surface area contributed by atoms with Crippen molar-refractivity contribution in [2.24, 2.45) is 0 Å². The van der Waals surface area contributed by atoms with Crippen molar-refractivity contribution in [3.05, 3.63) is 54.1 Å². The number of rotatable bonds is 6. The standard InChI is InChI=1S/C34H44N2O8S/c1-22(30(37)42-8)28-26-19-12-13-20-27(26)35(31(38)43-33(2,3)4)29(28)23-15-14-18-25(21-23)45(40,41)36(24-16-10-9-11-17-24)32(39)44-34(5,6)7/h12-15,18-22,24H,9-11,16-17H2,1-8H3. The summed E-state index contributed by atoms with van der Waals surface area (Å²) in [6, 6.07) is 12.6. The minimum atomic E-state index is -4.41. The van der Waals surface area contributed by atoms with Crippen molar-refractivity contribution >= 4 is 39.1 Å². The lowest BCUT2D eigenvalue weighted by atomic mass is 9.94. The molecule has 1 aromatic heterocycles. The molecule has 45 heavy (non-hydrogen) atoms. The van der Waals surface area contributed by atoms with Crippen molar-refractivity contribution in [1.29, 1.82) is 0 Å². The number of hydrogen-bond donors (Lipinski definition) is 0. The second-order valence-corrected chi connectivity index (χ2v) is 15.3. The van der Waals surface area contributed by atoms with Crippen LogP contribution < -0.4 is 0 Å². The Morgan fingerprint density at radius 3 is 2.11 bits per heavy atom. The summed E-state index contributed by atoms with van der Waals surface area (Å²) >= 11 is 0. The van der Waals surface area contributed by atoms with Gasteiger partial charge in [0.05, 0.1) is 35.2 Å². The van der Waals surface area contributed by atoms with Gasteiger partial charge in [-0.2, -0.15) is 4.31 Å². The summed E-state index contributed by atoms with van der Waals surface area (Å²) < 4.78 is 47.4. The lowest BCUT2D eigenvalue weighted by molar-refractivity contribution is -0.141. The molecule has 1 amide bonds. The van der Waals surface area contributed by atoms with Gasteiger partial charge in [0.25, 0.3) is 10.0 Å². The first-order valence-electron chi connectivity index (χ1n) is 15.3. The zero-order valence-electron chi connectivity index (χ0n) is 27.4. The van der Waals surface area contributed by atoms with E-state index in [1.807, 2.05) is 0 Å². The normalized spacial score (nSPS) is 15.4. The van der Waals surface area contributed by atoms with E-state index in [1.54, 1.807) is 84.9 Å². The van der Waals surface area contributed by atoms with Crippen LogP contribution in [0.15, 0.2) is 53.4 Å². The predicted octanol–water partition coefficient (Wildman–Crippen LogP) is 7.63. The van der Waals surface area contributed by atoms with E-state index in [-0.39, 0.29) is 4.90 Å². The average molecular weight is 641 g/mol. The Kier molecular flexibility index (Phi) is 9.73. The molecule has 1 saturated carbocycles. The van der Waals surface area contributed by atoms with Gasteiger partial charge >= 0.3 is 18.2 Å². The van der Waals surface area contributed by atoms with Gasteiger partial charge in [0.1, 0.15) is 11.2 Å². The molecule has 0 N–H and O–H groups in total. The van der Waals surface area contributed by atoms with Crippen LogP contribution in [0.25, 0.3) is 22.2 Å². The third-order valence-corrected chi connectivity index (χ3v) is 9.44. The summed E-state index contributed by atoms with van der Waals surface area (Å²) in [6.45, 7) is 12.0. The molecule has 0 spiro atoms. The van der Waals surface area contributed by atoms with Crippen molar-refractivity contribution in [3.63, 3.8) is 0 Å². The fourth-order valence-electron chi connectivity index (χ4n) is 5.76.